The van der Waals surface area contributed by atoms with E-state index in [-0.39, 0.29) is 0 Å². The predicted molar refractivity (Wildman–Crippen MR) is 81.1 cm³/mol. The van der Waals surface area contributed by atoms with E-state index >= 15 is 0 Å². The Hall–Kier alpha value is -0.0900. The number of hydrogen-bond donors (Lipinski definition) is 1. The molecule has 0 amide bonds. The van der Waals surface area contributed by atoms with Crippen molar-refractivity contribution in [3.8, 4) is 0 Å². The van der Waals surface area contributed by atoms with Crippen LogP contribution >= 0.6 is 27.5 Å². The summed E-state index contributed by atoms with van der Waals surface area (Å²) in [5.74, 6) is 0. The molecule has 2 nitrogen and oxygen atoms in total. The number of benzene rings is 1. The average molecular weight is 332 g/mol. The van der Waals surface area contributed by atoms with E-state index in [1.54, 1.807) is 0 Å². The van der Waals surface area contributed by atoms with E-state index in [1.165, 1.54) is 18.4 Å². The summed E-state index contributed by atoms with van der Waals surface area (Å²) in [4.78, 5) is 2.53. The van der Waals surface area contributed by atoms with Crippen LogP contribution in [-0.4, -0.2) is 30.6 Å². The third-order valence-corrected chi connectivity index (χ3v) is 4.80. The van der Waals surface area contributed by atoms with Crippen molar-refractivity contribution >= 4 is 27.5 Å². The molecule has 1 aliphatic rings. The Morgan fingerprint density at radius 2 is 2.33 bits per heavy atom. The van der Waals surface area contributed by atoms with Crippen LogP contribution in [0.5, 0.6) is 0 Å². The third-order valence-electron chi connectivity index (χ3n) is 3.56. The minimum Gasteiger partial charge on any atom is -0.315 e. The first-order chi connectivity index (χ1) is 8.70. The van der Waals surface area contributed by atoms with Gasteiger partial charge in [0.25, 0.3) is 0 Å². The molecule has 0 aliphatic carbocycles. The van der Waals surface area contributed by atoms with E-state index < -0.39 is 0 Å². The van der Waals surface area contributed by atoms with E-state index in [9.17, 15) is 0 Å². The fourth-order valence-corrected chi connectivity index (χ4v) is 2.97. The number of piperidine rings is 1. The van der Waals surface area contributed by atoms with Gasteiger partial charge in [0.15, 0.2) is 0 Å². The molecule has 1 atom stereocenters. The van der Waals surface area contributed by atoms with Crippen molar-refractivity contribution in [1.29, 1.82) is 0 Å². The second-order valence-electron chi connectivity index (χ2n) is 4.81. The molecule has 2 rings (SSSR count). The van der Waals surface area contributed by atoms with E-state index in [4.69, 9.17) is 11.6 Å². The Labute approximate surface area is 123 Å². The van der Waals surface area contributed by atoms with E-state index in [0.29, 0.717) is 6.04 Å². The van der Waals surface area contributed by atoms with Gasteiger partial charge in [0.2, 0.25) is 0 Å². The smallest absolute Gasteiger partial charge is 0.0551 e. The normalized spacial score (nSPS) is 20.3. The summed E-state index contributed by atoms with van der Waals surface area (Å²) in [6, 6.07) is 6.90. The molecule has 1 N–H and O–H groups in total. The third kappa shape index (κ3) is 3.70. The summed E-state index contributed by atoms with van der Waals surface area (Å²) in [5.41, 5.74) is 1.29. The highest BCUT2D eigenvalue weighted by atomic mass is 79.9. The lowest BCUT2D eigenvalue weighted by Crippen LogP contribution is -2.45. The molecule has 18 heavy (non-hydrogen) atoms. The lowest BCUT2D eigenvalue weighted by atomic mass is 10.0. The van der Waals surface area contributed by atoms with Gasteiger partial charge in [-0.1, -0.05) is 24.6 Å². The van der Waals surface area contributed by atoms with Crippen molar-refractivity contribution in [2.75, 3.05) is 19.6 Å². The van der Waals surface area contributed by atoms with E-state index in [0.717, 1.165) is 35.7 Å². The van der Waals surface area contributed by atoms with Crippen LogP contribution in [0.15, 0.2) is 22.7 Å². The molecule has 0 spiro atoms. The molecular weight excluding hydrogens is 312 g/mol. The Bertz CT molecular complexity index is 391. The monoisotopic (exact) mass is 330 g/mol. The van der Waals surface area contributed by atoms with Crippen LogP contribution in [-0.2, 0) is 6.54 Å². The number of likely N-dealkylation sites (N-methyl/N-ethyl adjacent to an activating group) is 1. The van der Waals surface area contributed by atoms with Crippen LogP contribution in [0, 0.1) is 0 Å². The Morgan fingerprint density at radius 3 is 2.94 bits per heavy atom. The predicted octanol–water partition coefficient (Wildman–Crippen LogP) is 3.68. The standard InChI is InChI=1S/C14H20BrClN2/c1-2-18(12-4-3-7-17-9-12)10-11-5-6-13(15)14(16)8-11/h5-6,8,12,17H,2-4,7,9-10H2,1H3. The van der Waals surface area contributed by atoms with Crippen molar-refractivity contribution in [1.82, 2.24) is 10.2 Å². The summed E-state index contributed by atoms with van der Waals surface area (Å²) < 4.78 is 0.968. The summed E-state index contributed by atoms with van der Waals surface area (Å²) in [6.07, 6.45) is 2.58. The van der Waals surface area contributed by atoms with E-state index in [2.05, 4.69) is 45.2 Å². The zero-order valence-corrected chi connectivity index (χ0v) is 13.1. The average Bonchev–Trinajstić information content (AvgIpc) is 2.41. The lowest BCUT2D eigenvalue weighted by molar-refractivity contribution is 0.166. The Kier molecular flexibility index (Phi) is 5.49. The van der Waals surface area contributed by atoms with E-state index in [1.807, 2.05) is 6.07 Å². The van der Waals surface area contributed by atoms with Crippen LogP contribution in [0.25, 0.3) is 0 Å². The molecule has 1 fully saturated rings. The fourth-order valence-electron chi connectivity index (χ4n) is 2.52. The zero-order valence-electron chi connectivity index (χ0n) is 10.8. The Balaban J connectivity index is 2.02. The van der Waals surface area contributed by atoms with Crippen LogP contribution in [0.1, 0.15) is 25.3 Å². The van der Waals surface area contributed by atoms with Gasteiger partial charge in [0.1, 0.15) is 0 Å². The highest BCUT2D eigenvalue weighted by Gasteiger charge is 2.19. The van der Waals surface area contributed by atoms with Crippen LogP contribution in [0.4, 0.5) is 0 Å². The molecule has 1 aromatic carbocycles. The van der Waals surface area contributed by atoms with Gasteiger partial charge < -0.3 is 5.32 Å². The number of hydrogen-bond acceptors (Lipinski definition) is 2. The van der Waals surface area contributed by atoms with Gasteiger partial charge in [-0.2, -0.15) is 0 Å². The summed E-state index contributed by atoms with van der Waals surface area (Å²) in [5, 5.41) is 4.28. The van der Waals surface area contributed by atoms with Gasteiger partial charge in [0, 0.05) is 23.6 Å². The SMILES string of the molecule is CCN(Cc1ccc(Br)c(Cl)c1)C1CCCNC1. The molecule has 1 unspecified atom stereocenters. The highest BCUT2D eigenvalue weighted by Crippen LogP contribution is 2.24. The van der Waals surface area contributed by atoms with Gasteiger partial charge in [-0.05, 0) is 59.6 Å². The Morgan fingerprint density at radius 1 is 1.50 bits per heavy atom. The molecule has 0 bridgehead atoms. The maximum atomic E-state index is 6.15. The van der Waals surface area contributed by atoms with Crippen molar-refractivity contribution in [2.45, 2.75) is 32.4 Å². The molecule has 0 radical (unpaired) electrons. The van der Waals surface area contributed by atoms with Gasteiger partial charge in [0.05, 0.1) is 5.02 Å². The molecule has 100 valence electrons. The first kappa shape index (κ1) is 14.3. The highest BCUT2D eigenvalue weighted by molar-refractivity contribution is 9.10. The largest absolute Gasteiger partial charge is 0.315 e. The molecular formula is C14H20BrClN2. The summed E-state index contributed by atoms with van der Waals surface area (Å²) in [6.45, 7) is 6.57. The van der Waals surface area contributed by atoms with Crippen molar-refractivity contribution in [2.24, 2.45) is 0 Å². The topological polar surface area (TPSA) is 15.3 Å². The minimum absolute atomic E-state index is 0.658. The van der Waals surface area contributed by atoms with Crippen LogP contribution in [0.3, 0.4) is 0 Å². The number of rotatable bonds is 4. The molecule has 0 saturated carbocycles. The lowest BCUT2D eigenvalue weighted by Gasteiger charge is -2.34. The van der Waals surface area contributed by atoms with Crippen molar-refractivity contribution < 1.29 is 0 Å². The molecule has 4 heteroatoms. The van der Waals surface area contributed by atoms with Gasteiger partial charge in [-0.15, -0.1) is 0 Å². The zero-order chi connectivity index (χ0) is 13.0. The fraction of sp³-hybridized carbons (Fsp3) is 0.571. The molecule has 1 saturated heterocycles. The maximum absolute atomic E-state index is 6.15. The number of nitrogens with one attached hydrogen (secondary N) is 1. The van der Waals surface area contributed by atoms with Crippen molar-refractivity contribution in [3.05, 3.63) is 33.3 Å². The number of nitrogens with zero attached hydrogens (tertiary/aromatic N) is 1. The molecule has 1 aliphatic heterocycles. The summed E-state index contributed by atoms with van der Waals surface area (Å²) >= 11 is 9.58. The van der Waals surface area contributed by atoms with Gasteiger partial charge in [-0.3, -0.25) is 4.90 Å². The van der Waals surface area contributed by atoms with Gasteiger partial charge >= 0.3 is 0 Å². The first-order valence-electron chi connectivity index (χ1n) is 6.59. The molecule has 1 heterocycles. The molecule has 1 aromatic rings. The molecule has 0 aromatic heterocycles. The summed E-state index contributed by atoms with van der Waals surface area (Å²) in [7, 11) is 0. The van der Waals surface area contributed by atoms with Gasteiger partial charge in [-0.25, -0.2) is 0 Å². The first-order valence-corrected chi connectivity index (χ1v) is 7.76. The minimum atomic E-state index is 0.658. The second kappa shape index (κ2) is 6.90. The van der Waals surface area contributed by atoms with Crippen LogP contribution < -0.4 is 5.32 Å². The second-order valence-corrected chi connectivity index (χ2v) is 6.07. The van der Waals surface area contributed by atoms with Crippen molar-refractivity contribution in [3.63, 3.8) is 0 Å². The quantitative estimate of drug-likeness (QED) is 0.905. The maximum Gasteiger partial charge on any atom is 0.0551 e. The number of halogens is 2. The van der Waals surface area contributed by atoms with Crippen LogP contribution in [0.2, 0.25) is 5.02 Å².